The standard InChI is InChI=1S/C23H26N2O3/c1-16-12-17(2)23-18(14-22(26)28-21(23)13-16)15-24-8-10-25(11-9-24)19-4-6-20(27-3)7-5-19/h4-7,12-14H,8-11,15H2,1-3H3. The summed E-state index contributed by atoms with van der Waals surface area (Å²) >= 11 is 0. The number of benzene rings is 2. The smallest absolute Gasteiger partial charge is 0.336 e. The van der Waals surface area contributed by atoms with E-state index in [1.165, 1.54) is 5.69 Å². The van der Waals surface area contributed by atoms with Gasteiger partial charge in [-0.25, -0.2) is 4.79 Å². The molecule has 0 N–H and O–H groups in total. The van der Waals surface area contributed by atoms with E-state index in [9.17, 15) is 4.79 Å². The molecule has 0 unspecified atom stereocenters. The highest BCUT2D eigenvalue weighted by Gasteiger charge is 2.19. The predicted octanol–water partition coefficient (Wildman–Crippen LogP) is 3.74. The van der Waals surface area contributed by atoms with E-state index in [1.807, 2.05) is 25.1 Å². The summed E-state index contributed by atoms with van der Waals surface area (Å²) in [5, 5.41) is 1.07. The second kappa shape index (κ2) is 7.68. The molecule has 2 heterocycles. The maximum absolute atomic E-state index is 12.1. The first kappa shape index (κ1) is 18.6. The van der Waals surface area contributed by atoms with Gasteiger partial charge in [-0.3, -0.25) is 4.90 Å². The third kappa shape index (κ3) is 3.76. The Morgan fingerprint density at radius 3 is 2.39 bits per heavy atom. The molecule has 0 bridgehead atoms. The Kier molecular flexibility index (Phi) is 5.09. The second-order valence-corrected chi connectivity index (χ2v) is 7.51. The molecule has 0 radical (unpaired) electrons. The highest BCUT2D eigenvalue weighted by atomic mass is 16.5. The average Bonchev–Trinajstić information content (AvgIpc) is 2.68. The number of piperazine rings is 1. The lowest BCUT2D eigenvalue weighted by Crippen LogP contribution is -2.46. The maximum Gasteiger partial charge on any atom is 0.336 e. The van der Waals surface area contributed by atoms with Crippen LogP contribution in [0.15, 0.2) is 51.7 Å². The minimum atomic E-state index is -0.274. The van der Waals surface area contributed by atoms with E-state index >= 15 is 0 Å². The lowest BCUT2D eigenvalue weighted by atomic mass is 10.0. The average molecular weight is 378 g/mol. The normalized spacial score (nSPS) is 15.2. The predicted molar refractivity (Wildman–Crippen MR) is 112 cm³/mol. The number of aryl methyl sites for hydroxylation is 2. The number of rotatable bonds is 4. The van der Waals surface area contributed by atoms with Gasteiger partial charge >= 0.3 is 5.63 Å². The first-order valence-electron chi connectivity index (χ1n) is 9.69. The molecule has 5 heteroatoms. The zero-order chi connectivity index (χ0) is 19.7. The van der Waals surface area contributed by atoms with Crippen molar-refractivity contribution in [3.05, 3.63) is 69.6 Å². The number of ether oxygens (including phenoxy) is 1. The molecule has 1 aliphatic heterocycles. The van der Waals surface area contributed by atoms with Gasteiger partial charge in [-0.15, -0.1) is 0 Å². The van der Waals surface area contributed by atoms with Gasteiger partial charge in [0.15, 0.2) is 0 Å². The Morgan fingerprint density at radius 1 is 1.00 bits per heavy atom. The molecule has 4 rings (SSSR count). The van der Waals surface area contributed by atoms with E-state index < -0.39 is 0 Å². The SMILES string of the molecule is COc1ccc(N2CCN(Cc3cc(=O)oc4cc(C)cc(C)c34)CC2)cc1. The Hall–Kier alpha value is -2.79. The Morgan fingerprint density at radius 2 is 1.71 bits per heavy atom. The molecule has 2 aromatic carbocycles. The van der Waals surface area contributed by atoms with Gasteiger partial charge in [-0.1, -0.05) is 6.07 Å². The van der Waals surface area contributed by atoms with Gasteiger partial charge in [-0.2, -0.15) is 0 Å². The number of hydrogen-bond acceptors (Lipinski definition) is 5. The summed E-state index contributed by atoms with van der Waals surface area (Å²) in [5.41, 5.74) is 4.96. The molecule has 0 atom stereocenters. The number of methoxy groups -OCH3 is 1. The lowest BCUT2D eigenvalue weighted by Gasteiger charge is -2.36. The molecular weight excluding hydrogens is 352 g/mol. The molecule has 28 heavy (non-hydrogen) atoms. The summed E-state index contributed by atoms with van der Waals surface area (Å²) in [7, 11) is 1.69. The number of hydrogen-bond donors (Lipinski definition) is 0. The third-order valence-corrected chi connectivity index (χ3v) is 5.47. The van der Waals surface area contributed by atoms with Crippen LogP contribution in [0, 0.1) is 13.8 Å². The van der Waals surface area contributed by atoms with Gasteiger partial charge in [0.1, 0.15) is 11.3 Å². The monoisotopic (exact) mass is 378 g/mol. The summed E-state index contributed by atoms with van der Waals surface area (Å²) in [6.45, 7) is 8.71. The van der Waals surface area contributed by atoms with Gasteiger partial charge < -0.3 is 14.1 Å². The van der Waals surface area contributed by atoms with E-state index in [-0.39, 0.29) is 5.63 Å². The van der Waals surface area contributed by atoms with Crippen LogP contribution in [0.25, 0.3) is 11.0 Å². The zero-order valence-electron chi connectivity index (χ0n) is 16.7. The highest BCUT2D eigenvalue weighted by molar-refractivity contribution is 5.84. The van der Waals surface area contributed by atoms with Crippen LogP contribution < -0.4 is 15.3 Å². The fourth-order valence-corrected chi connectivity index (χ4v) is 4.10. The van der Waals surface area contributed by atoms with Crippen molar-refractivity contribution in [2.45, 2.75) is 20.4 Å². The zero-order valence-corrected chi connectivity index (χ0v) is 16.7. The van der Waals surface area contributed by atoms with Crippen LogP contribution in [0.1, 0.15) is 16.7 Å². The molecule has 146 valence electrons. The summed E-state index contributed by atoms with van der Waals surface area (Å²) in [6, 6.07) is 14.0. The largest absolute Gasteiger partial charge is 0.497 e. The van der Waals surface area contributed by atoms with Gasteiger partial charge in [0.2, 0.25) is 0 Å². The summed E-state index contributed by atoms with van der Waals surface area (Å²) in [6.07, 6.45) is 0. The van der Waals surface area contributed by atoms with Crippen molar-refractivity contribution in [3.63, 3.8) is 0 Å². The topological polar surface area (TPSA) is 45.9 Å². The van der Waals surface area contributed by atoms with E-state index in [0.29, 0.717) is 5.58 Å². The molecule has 3 aromatic rings. The highest BCUT2D eigenvalue weighted by Crippen LogP contribution is 2.25. The molecule has 1 aliphatic rings. The van der Waals surface area contributed by atoms with Crippen LogP contribution in [0.3, 0.4) is 0 Å². The second-order valence-electron chi connectivity index (χ2n) is 7.51. The van der Waals surface area contributed by atoms with Crippen LogP contribution >= 0.6 is 0 Å². The van der Waals surface area contributed by atoms with Gasteiger partial charge in [-0.05, 0) is 60.9 Å². The van der Waals surface area contributed by atoms with Crippen LogP contribution in [0.4, 0.5) is 5.69 Å². The molecule has 1 saturated heterocycles. The quantitative estimate of drug-likeness (QED) is 0.647. The fraction of sp³-hybridized carbons (Fsp3) is 0.348. The third-order valence-electron chi connectivity index (χ3n) is 5.47. The van der Waals surface area contributed by atoms with Crippen molar-refractivity contribution in [2.24, 2.45) is 0 Å². The van der Waals surface area contributed by atoms with E-state index in [4.69, 9.17) is 9.15 Å². The minimum Gasteiger partial charge on any atom is -0.497 e. The molecular formula is C23H26N2O3. The number of fused-ring (bicyclic) bond motifs is 1. The van der Waals surface area contributed by atoms with Crippen LogP contribution in [-0.4, -0.2) is 38.2 Å². The van der Waals surface area contributed by atoms with Crippen molar-refractivity contribution in [2.75, 3.05) is 38.2 Å². The summed E-state index contributed by atoms with van der Waals surface area (Å²) in [4.78, 5) is 16.9. The first-order chi connectivity index (χ1) is 13.5. The summed E-state index contributed by atoms with van der Waals surface area (Å²) in [5.74, 6) is 0.878. The Bertz CT molecular complexity index is 1030. The minimum absolute atomic E-state index is 0.274. The van der Waals surface area contributed by atoms with Crippen molar-refractivity contribution >= 4 is 16.7 Å². The lowest BCUT2D eigenvalue weighted by molar-refractivity contribution is 0.250. The molecule has 1 aromatic heterocycles. The van der Waals surface area contributed by atoms with Gasteiger partial charge in [0.05, 0.1) is 7.11 Å². The van der Waals surface area contributed by atoms with Crippen molar-refractivity contribution in [1.29, 1.82) is 0 Å². The Labute approximate surface area is 165 Å². The van der Waals surface area contributed by atoms with Crippen LogP contribution in [0.2, 0.25) is 0 Å². The van der Waals surface area contributed by atoms with E-state index in [1.54, 1.807) is 13.2 Å². The summed E-state index contributed by atoms with van der Waals surface area (Å²) < 4.78 is 10.7. The van der Waals surface area contributed by atoms with E-state index in [2.05, 4.69) is 34.9 Å². The van der Waals surface area contributed by atoms with Crippen LogP contribution in [-0.2, 0) is 6.54 Å². The van der Waals surface area contributed by atoms with Gasteiger partial charge in [0.25, 0.3) is 0 Å². The maximum atomic E-state index is 12.1. The van der Waals surface area contributed by atoms with Crippen molar-refractivity contribution in [3.8, 4) is 5.75 Å². The van der Waals surface area contributed by atoms with Crippen LogP contribution in [0.5, 0.6) is 5.75 Å². The molecule has 0 amide bonds. The van der Waals surface area contributed by atoms with E-state index in [0.717, 1.165) is 60.5 Å². The molecule has 0 spiro atoms. The Balaban J connectivity index is 1.50. The number of nitrogens with zero attached hydrogens (tertiary/aromatic N) is 2. The van der Waals surface area contributed by atoms with Gasteiger partial charge in [0, 0.05) is 49.9 Å². The molecule has 0 aliphatic carbocycles. The van der Waals surface area contributed by atoms with Crippen molar-refractivity contribution in [1.82, 2.24) is 4.90 Å². The number of anilines is 1. The fourth-order valence-electron chi connectivity index (χ4n) is 4.10. The molecule has 0 saturated carbocycles. The first-order valence-corrected chi connectivity index (χ1v) is 9.69. The van der Waals surface area contributed by atoms with Crippen molar-refractivity contribution < 1.29 is 9.15 Å². The molecule has 5 nitrogen and oxygen atoms in total. The molecule has 1 fully saturated rings.